The summed E-state index contributed by atoms with van der Waals surface area (Å²) in [5.41, 5.74) is 8.19. The van der Waals surface area contributed by atoms with E-state index in [1.807, 2.05) is 12.1 Å². The lowest BCUT2D eigenvalue weighted by atomic mass is 9.64. The fraction of sp³-hybridized carbons (Fsp3) is 0.667. The summed E-state index contributed by atoms with van der Waals surface area (Å²) >= 11 is 0. The maximum absolute atomic E-state index is 6.70. The van der Waals surface area contributed by atoms with E-state index in [9.17, 15) is 0 Å². The van der Waals surface area contributed by atoms with Crippen LogP contribution in [0.1, 0.15) is 58.4 Å². The molecule has 2 N–H and O–H groups in total. The molecule has 1 aromatic rings. The third-order valence-electron chi connectivity index (χ3n) is 5.54. The molecule has 1 aromatic carbocycles. The lowest BCUT2D eigenvalue weighted by Crippen LogP contribution is -2.42. The fourth-order valence-electron chi connectivity index (χ4n) is 3.42. The molecule has 2 rings (SSSR count). The van der Waals surface area contributed by atoms with Crippen LogP contribution < -0.4 is 10.5 Å². The van der Waals surface area contributed by atoms with E-state index < -0.39 is 0 Å². The molecule has 2 nitrogen and oxygen atoms in total. The Morgan fingerprint density at radius 3 is 2.50 bits per heavy atom. The maximum Gasteiger partial charge on any atom is 0.119 e. The minimum Gasteiger partial charge on any atom is -0.497 e. The van der Waals surface area contributed by atoms with E-state index in [0.717, 1.165) is 24.5 Å². The van der Waals surface area contributed by atoms with Gasteiger partial charge in [-0.15, -0.1) is 0 Å². The lowest BCUT2D eigenvalue weighted by Gasteiger charge is -2.43. The number of hydrogen-bond acceptors (Lipinski definition) is 2. The van der Waals surface area contributed by atoms with E-state index in [2.05, 4.69) is 32.9 Å². The zero-order valence-electron chi connectivity index (χ0n) is 13.4. The first kappa shape index (κ1) is 15.4. The molecule has 0 aliphatic heterocycles. The van der Waals surface area contributed by atoms with Crippen molar-refractivity contribution in [1.82, 2.24) is 0 Å². The van der Waals surface area contributed by atoms with E-state index in [0.29, 0.717) is 5.41 Å². The summed E-state index contributed by atoms with van der Waals surface area (Å²) in [5.74, 6) is 1.71. The average molecular weight is 275 g/mol. The van der Waals surface area contributed by atoms with Gasteiger partial charge in [0.25, 0.3) is 0 Å². The molecule has 1 saturated carbocycles. The highest BCUT2D eigenvalue weighted by Gasteiger charge is 2.38. The van der Waals surface area contributed by atoms with E-state index >= 15 is 0 Å². The highest BCUT2D eigenvalue weighted by molar-refractivity contribution is 5.33. The molecule has 0 atom stereocenters. The van der Waals surface area contributed by atoms with Gasteiger partial charge in [-0.05, 0) is 54.7 Å². The number of hydrogen-bond donors (Lipinski definition) is 1. The van der Waals surface area contributed by atoms with Gasteiger partial charge in [0.2, 0.25) is 0 Å². The van der Waals surface area contributed by atoms with Crippen LogP contribution in [0.4, 0.5) is 0 Å². The van der Waals surface area contributed by atoms with Crippen LogP contribution in [0.2, 0.25) is 0 Å². The molecule has 0 bridgehead atoms. The van der Waals surface area contributed by atoms with Gasteiger partial charge in [0.05, 0.1) is 7.11 Å². The Balaban J connectivity index is 2.11. The Bertz CT molecular complexity index is 444. The Morgan fingerprint density at radius 2 is 1.95 bits per heavy atom. The molecule has 0 radical (unpaired) electrons. The summed E-state index contributed by atoms with van der Waals surface area (Å²) in [4.78, 5) is 0. The third kappa shape index (κ3) is 3.01. The molecule has 0 saturated heterocycles. The number of rotatable bonds is 4. The van der Waals surface area contributed by atoms with E-state index in [4.69, 9.17) is 10.5 Å². The number of methoxy groups -OCH3 is 1. The van der Waals surface area contributed by atoms with E-state index in [-0.39, 0.29) is 5.54 Å². The predicted molar refractivity (Wildman–Crippen MR) is 84.9 cm³/mol. The first-order chi connectivity index (χ1) is 9.41. The van der Waals surface area contributed by atoms with Crippen molar-refractivity contribution in [3.63, 3.8) is 0 Å². The maximum atomic E-state index is 6.70. The van der Waals surface area contributed by atoms with Gasteiger partial charge in [-0.1, -0.05) is 39.3 Å². The van der Waals surface area contributed by atoms with Gasteiger partial charge in [0.15, 0.2) is 0 Å². The van der Waals surface area contributed by atoms with E-state index in [1.54, 1.807) is 7.11 Å². The van der Waals surface area contributed by atoms with Gasteiger partial charge in [-0.25, -0.2) is 0 Å². The van der Waals surface area contributed by atoms with Gasteiger partial charge in [0.1, 0.15) is 5.75 Å². The van der Waals surface area contributed by atoms with Crippen LogP contribution in [0.5, 0.6) is 5.75 Å². The van der Waals surface area contributed by atoms with Crippen molar-refractivity contribution in [3.8, 4) is 5.75 Å². The van der Waals surface area contributed by atoms with Gasteiger partial charge in [0, 0.05) is 5.54 Å². The number of ether oxygens (including phenoxy) is 1. The quantitative estimate of drug-likeness (QED) is 0.879. The monoisotopic (exact) mass is 275 g/mol. The van der Waals surface area contributed by atoms with Gasteiger partial charge in [-0.3, -0.25) is 0 Å². The number of benzene rings is 1. The molecule has 0 spiro atoms. The minimum absolute atomic E-state index is 0.172. The first-order valence-electron chi connectivity index (χ1n) is 7.85. The first-order valence-corrected chi connectivity index (χ1v) is 7.85. The molecule has 2 heteroatoms. The minimum atomic E-state index is -0.172. The van der Waals surface area contributed by atoms with Crippen LogP contribution in [0, 0.1) is 11.3 Å². The van der Waals surface area contributed by atoms with Crippen LogP contribution >= 0.6 is 0 Å². The summed E-state index contributed by atoms with van der Waals surface area (Å²) in [5, 5.41) is 0. The molecule has 0 unspecified atom stereocenters. The van der Waals surface area contributed by atoms with Crippen molar-refractivity contribution in [3.05, 3.63) is 29.8 Å². The Hall–Kier alpha value is -1.02. The lowest BCUT2D eigenvalue weighted by molar-refractivity contribution is 0.115. The molecule has 112 valence electrons. The highest BCUT2D eigenvalue weighted by atomic mass is 16.5. The summed E-state index contributed by atoms with van der Waals surface area (Å²) < 4.78 is 5.33. The van der Waals surface area contributed by atoms with Crippen molar-refractivity contribution in [2.75, 3.05) is 7.11 Å². The van der Waals surface area contributed by atoms with Crippen LogP contribution in [0.15, 0.2) is 24.3 Å². The van der Waals surface area contributed by atoms with Gasteiger partial charge in [-0.2, -0.15) is 0 Å². The second-order valence-corrected chi connectivity index (χ2v) is 7.00. The zero-order chi connectivity index (χ0) is 14.8. The standard InChI is InChI=1S/C18H29NO/c1-5-17(2,3)14-9-11-18(19,12-10-14)15-7-6-8-16(13-15)20-4/h6-8,13-14H,5,9-12,19H2,1-4H3. The van der Waals surface area contributed by atoms with Gasteiger partial charge >= 0.3 is 0 Å². The summed E-state index contributed by atoms with van der Waals surface area (Å²) in [6, 6.07) is 8.28. The van der Waals surface area contributed by atoms with Crippen molar-refractivity contribution in [2.45, 2.75) is 58.4 Å². The van der Waals surface area contributed by atoms with Crippen LogP contribution in [0.3, 0.4) is 0 Å². The Kier molecular flexibility index (Phi) is 4.43. The topological polar surface area (TPSA) is 35.2 Å². The predicted octanol–water partition coefficient (Wildman–Crippen LogP) is 4.48. The second kappa shape index (κ2) is 5.77. The average Bonchev–Trinajstić information content (AvgIpc) is 2.48. The van der Waals surface area contributed by atoms with E-state index in [1.165, 1.54) is 24.8 Å². The normalized spacial score (nSPS) is 27.4. The molecule has 0 amide bonds. The van der Waals surface area contributed by atoms with Crippen LogP contribution in [0.25, 0.3) is 0 Å². The smallest absolute Gasteiger partial charge is 0.119 e. The van der Waals surface area contributed by atoms with Crippen LogP contribution in [-0.2, 0) is 5.54 Å². The molecular weight excluding hydrogens is 246 g/mol. The fourth-order valence-corrected chi connectivity index (χ4v) is 3.42. The van der Waals surface area contributed by atoms with Crippen molar-refractivity contribution < 1.29 is 4.74 Å². The summed E-state index contributed by atoms with van der Waals surface area (Å²) in [6.45, 7) is 7.09. The Labute approximate surface area is 123 Å². The number of nitrogens with two attached hydrogens (primary N) is 1. The van der Waals surface area contributed by atoms with Crippen LogP contribution in [-0.4, -0.2) is 7.11 Å². The third-order valence-corrected chi connectivity index (χ3v) is 5.54. The molecular formula is C18H29NO. The van der Waals surface area contributed by atoms with Crippen molar-refractivity contribution in [1.29, 1.82) is 0 Å². The van der Waals surface area contributed by atoms with Crippen molar-refractivity contribution >= 4 is 0 Å². The zero-order valence-corrected chi connectivity index (χ0v) is 13.4. The van der Waals surface area contributed by atoms with Crippen molar-refractivity contribution in [2.24, 2.45) is 17.1 Å². The van der Waals surface area contributed by atoms with Gasteiger partial charge < -0.3 is 10.5 Å². The molecule has 0 aromatic heterocycles. The largest absolute Gasteiger partial charge is 0.497 e. The highest BCUT2D eigenvalue weighted by Crippen LogP contribution is 2.46. The second-order valence-electron chi connectivity index (χ2n) is 7.00. The molecule has 1 aliphatic rings. The summed E-state index contributed by atoms with van der Waals surface area (Å²) in [6.07, 6.45) is 5.86. The SMILES string of the molecule is CCC(C)(C)C1CCC(N)(c2cccc(OC)c2)CC1. The summed E-state index contributed by atoms with van der Waals surface area (Å²) in [7, 11) is 1.71. The molecule has 1 fully saturated rings. The Morgan fingerprint density at radius 1 is 1.30 bits per heavy atom. The molecule has 0 heterocycles. The molecule has 1 aliphatic carbocycles. The molecule has 20 heavy (non-hydrogen) atoms.